The number of para-hydroxylation sites is 1. The van der Waals surface area contributed by atoms with Crippen molar-refractivity contribution in [2.24, 2.45) is 5.73 Å². The van der Waals surface area contributed by atoms with E-state index >= 15 is 0 Å². The molecule has 164 valence electrons. The van der Waals surface area contributed by atoms with Gasteiger partial charge in [0.25, 0.3) is 0 Å². The van der Waals surface area contributed by atoms with Crippen molar-refractivity contribution >= 4 is 16.8 Å². The van der Waals surface area contributed by atoms with Crippen LogP contribution in [-0.2, 0) is 0 Å². The molecule has 3 N–H and O–H groups in total. The number of nitrogens with two attached hydrogens (primary N) is 1. The SMILES string of the molecule is N=C(N)c1ccc2oc(-c3ccc(OCCCCCCOc4ccccc4)cc3)cc2c1. The molecular weight excluding hydrogens is 400 g/mol. The molecule has 0 unspecified atom stereocenters. The second-order valence-electron chi connectivity index (χ2n) is 7.73. The Morgan fingerprint density at radius 1 is 0.750 bits per heavy atom. The van der Waals surface area contributed by atoms with Gasteiger partial charge in [0.15, 0.2) is 0 Å². The average molecular weight is 429 g/mol. The molecule has 5 heteroatoms. The van der Waals surface area contributed by atoms with Gasteiger partial charge in [0, 0.05) is 16.5 Å². The molecule has 0 aliphatic rings. The van der Waals surface area contributed by atoms with Crippen molar-refractivity contribution in [2.75, 3.05) is 13.2 Å². The van der Waals surface area contributed by atoms with E-state index in [9.17, 15) is 0 Å². The van der Waals surface area contributed by atoms with Gasteiger partial charge in [-0.2, -0.15) is 0 Å². The van der Waals surface area contributed by atoms with Gasteiger partial charge in [0.2, 0.25) is 0 Å². The van der Waals surface area contributed by atoms with Crippen molar-refractivity contribution in [3.05, 3.63) is 84.4 Å². The minimum atomic E-state index is 0.0525. The minimum Gasteiger partial charge on any atom is -0.494 e. The van der Waals surface area contributed by atoms with Crippen LogP contribution in [0.15, 0.2) is 83.3 Å². The summed E-state index contributed by atoms with van der Waals surface area (Å²) in [5.74, 6) is 2.63. The van der Waals surface area contributed by atoms with E-state index in [4.69, 9.17) is 25.0 Å². The Hall–Kier alpha value is -3.73. The van der Waals surface area contributed by atoms with Crippen molar-refractivity contribution in [1.29, 1.82) is 5.41 Å². The van der Waals surface area contributed by atoms with E-state index in [1.54, 1.807) is 6.07 Å². The molecule has 0 saturated heterocycles. The minimum absolute atomic E-state index is 0.0525. The molecule has 4 aromatic rings. The zero-order valence-electron chi connectivity index (χ0n) is 18.1. The number of furan rings is 1. The maximum atomic E-state index is 7.58. The van der Waals surface area contributed by atoms with Gasteiger partial charge in [-0.05, 0) is 86.3 Å². The van der Waals surface area contributed by atoms with Crippen LogP contribution >= 0.6 is 0 Å². The Labute approximate surface area is 188 Å². The first-order valence-electron chi connectivity index (χ1n) is 11.0. The standard InChI is InChI=1S/C27H28N2O3/c28-27(29)21-12-15-25-22(18-21)19-26(32-25)20-10-13-24(14-11-20)31-17-7-2-1-6-16-30-23-8-4-3-5-9-23/h3-5,8-15,18-19H,1-2,6-7,16-17H2,(H3,28,29). The summed E-state index contributed by atoms with van der Waals surface area (Å²) >= 11 is 0. The molecule has 0 atom stereocenters. The molecule has 3 aromatic carbocycles. The lowest BCUT2D eigenvalue weighted by molar-refractivity contribution is 0.287. The third kappa shape index (κ3) is 5.70. The molecule has 1 aromatic heterocycles. The molecule has 5 nitrogen and oxygen atoms in total. The highest BCUT2D eigenvalue weighted by atomic mass is 16.5. The van der Waals surface area contributed by atoms with Gasteiger partial charge >= 0.3 is 0 Å². The predicted octanol–water partition coefficient (Wildman–Crippen LogP) is 6.40. The fraction of sp³-hybridized carbons (Fsp3) is 0.222. The number of benzene rings is 3. The number of unbranched alkanes of at least 4 members (excludes halogenated alkanes) is 3. The topological polar surface area (TPSA) is 81.5 Å². The van der Waals surface area contributed by atoms with Crippen LogP contribution in [-0.4, -0.2) is 19.0 Å². The van der Waals surface area contributed by atoms with Crippen LogP contribution in [0, 0.1) is 5.41 Å². The average Bonchev–Trinajstić information content (AvgIpc) is 3.25. The number of rotatable bonds is 11. The molecule has 1 heterocycles. The first-order valence-corrected chi connectivity index (χ1v) is 11.0. The summed E-state index contributed by atoms with van der Waals surface area (Å²) < 4.78 is 17.5. The molecule has 0 amide bonds. The summed E-state index contributed by atoms with van der Waals surface area (Å²) in [5, 5.41) is 8.51. The van der Waals surface area contributed by atoms with E-state index in [1.807, 2.05) is 72.8 Å². The monoisotopic (exact) mass is 428 g/mol. The number of amidine groups is 1. The van der Waals surface area contributed by atoms with Crippen molar-refractivity contribution in [1.82, 2.24) is 0 Å². The van der Waals surface area contributed by atoms with Gasteiger partial charge in [-0.1, -0.05) is 18.2 Å². The second-order valence-corrected chi connectivity index (χ2v) is 7.73. The highest BCUT2D eigenvalue weighted by Gasteiger charge is 2.08. The Bertz CT molecular complexity index is 1150. The lowest BCUT2D eigenvalue weighted by Gasteiger charge is -2.07. The maximum absolute atomic E-state index is 7.58. The highest BCUT2D eigenvalue weighted by Crippen LogP contribution is 2.29. The van der Waals surface area contributed by atoms with E-state index in [2.05, 4.69) is 0 Å². The Morgan fingerprint density at radius 3 is 2.06 bits per heavy atom. The molecular formula is C27H28N2O3. The summed E-state index contributed by atoms with van der Waals surface area (Å²) in [4.78, 5) is 0. The van der Waals surface area contributed by atoms with Crippen LogP contribution < -0.4 is 15.2 Å². The van der Waals surface area contributed by atoms with Gasteiger partial charge in [0.05, 0.1) is 13.2 Å². The fourth-order valence-electron chi connectivity index (χ4n) is 3.52. The van der Waals surface area contributed by atoms with Gasteiger partial charge in [-0.15, -0.1) is 0 Å². The van der Waals surface area contributed by atoms with E-state index in [0.29, 0.717) is 12.2 Å². The fourth-order valence-corrected chi connectivity index (χ4v) is 3.52. The molecule has 0 spiro atoms. The molecule has 0 aliphatic heterocycles. The normalized spacial score (nSPS) is 10.9. The van der Waals surface area contributed by atoms with Crippen LogP contribution in [0.2, 0.25) is 0 Å². The Balaban J connectivity index is 1.19. The smallest absolute Gasteiger partial charge is 0.135 e. The van der Waals surface area contributed by atoms with Crippen LogP contribution in [0.3, 0.4) is 0 Å². The molecule has 0 bridgehead atoms. The van der Waals surface area contributed by atoms with Crippen molar-refractivity contribution < 1.29 is 13.9 Å². The third-order valence-electron chi connectivity index (χ3n) is 5.29. The number of fused-ring (bicyclic) bond motifs is 1. The van der Waals surface area contributed by atoms with Gasteiger partial charge < -0.3 is 19.6 Å². The van der Waals surface area contributed by atoms with E-state index in [0.717, 1.165) is 66.1 Å². The number of nitrogens with one attached hydrogen (secondary N) is 1. The number of ether oxygens (including phenoxy) is 2. The molecule has 0 saturated carbocycles. The predicted molar refractivity (Wildman–Crippen MR) is 129 cm³/mol. The highest BCUT2D eigenvalue weighted by molar-refractivity contribution is 5.98. The molecule has 32 heavy (non-hydrogen) atoms. The largest absolute Gasteiger partial charge is 0.494 e. The lowest BCUT2D eigenvalue weighted by Crippen LogP contribution is -2.10. The number of nitrogen functional groups attached to an aromatic ring is 1. The summed E-state index contributed by atoms with van der Waals surface area (Å²) in [7, 11) is 0. The maximum Gasteiger partial charge on any atom is 0.135 e. The summed E-state index contributed by atoms with van der Waals surface area (Å²) in [6, 6.07) is 25.4. The molecule has 0 aliphatic carbocycles. The van der Waals surface area contributed by atoms with Gasteiger partial charge in [-0.25, -0.2) is 0 Å². The zero-order chi connectivity index (χ0) is 22.2. The zero-order valence-corrected chi connectivity index (χ0v) is 18.1. The van der Waals surface area contributed by atoms with Crippen LogP contribution in [0.5, 0.6) is 11.5 Å². The lowest BCUT2D eigenvalue weighted by atomic mass is 10.1. The number of hydrogen-bond acceptors (Lipinski definition) is 4. The molecule has 4 rings (SSSR count). The second kappa shape index (κ2) is 10.5. The summed E-state index contributed by atoms with van der Waals surface area (Å²) in [5.41, 5.74) is 8.03. The van der Waals surface area contributed by atoms with Crippen LogP contribution in [0.25, 0.3) is 22.3 Å². The molecule has 0 radical (unpaired) electrons. The first-order chi connectivity index (χ1) is 15.7. The van der Waals surface area contributed by atoms with Crippen LogP contribution in [0.4, 0.5) is 0 Å². The van der Waals surface area contributed by atoms with Crippen molar-refractivity contribution in [3.8, 4) is 22.8 Å². The van der Waals surface area contributed by atoms with Gasteiger partial charge in [-0.3, -0.25) is 5.41 Å². The van der Waals surface area contributed by atoms with Crippen LogP contribution in [0.1, 0.15) is 31.2 Å². The quantitative estimate of drug-likeness (QED) is 0.164. The third-order valence-corrected chi connectivity index (χ3v) is 5.29. The van der Waals surface area contributed by atoms with E-state index in [1.165, 1.54) is 0 Å². The van der Waals surface area contributed by atoms with E-state index in [-0.39, 0.29) is 5.84 Å². The van der Waals surface area contributed by atoms with Gasteiger partial charge in [0.1, 0.15) is 28.7 Å². The van der Waals surface area contributed by atoms with Crippen molar-refractivity contribution in [3.63, 3.8) is 0 Å². The summed E-state index contributed by atoms with van der Waals surface area (Å²) in [6.45, 7) is 1.46. The Morgan fingerprint density at radius 2 is 1.41 bits per heavy atom. The first kappa shape index (κ1) is 21.5. The molecule has 0 fully saturated rings. The summed E-state index contributed by atoms with van der Waals surface area (Å²) in [6.07, 6.45) is 4.33. The number of hydrogen-bond donors (Lipinski definition) is 2. The van der Waals surface area contributed by atoms with Crippen molar-refractivity contribution in [2.45, 2.75) is 25.7 Å². The van der Waals surface area contributed by atoms with E-state index < -0.39 is 0 Å². The Kier molecular flexibility index (Phi) is 7.08.